The van der Waals surface area contributed by atoms with Crippen LogP contribution in [0.1, 0.15) is 4.88 Å². The van der Waals surface area contributed by atoms with E-state index < -0.39 is 0 Å². The molecule has 2 N–H and O–H groups in total. The number of aliphatic hydroxyl groups is 1. The molecule has 0 radical (unpaired) electrons. The summed E-state index contributed by atoms with van der Waals surface area (Å²) in [6, 6.07) is 7.51. The van der Waals surface area contributed by atoms with E-state index in [4.69, 9.17) is 5.11 Å². The van der Waals surface area contributed by atoms with E-state index in [0.717, 1.165) is 21.0 Å². The van der Waals surface area contributed by atoms with E-state index in [9.17, 15) is 4.79 Å². The van der Waals surface area contributed by atoms with Gasteiger partial charge >= 0.3 is 5.69 Å². The predicted octanol–water partition coefficient (Wildman–Crippen LogP) is 1.48. The number of aryl methyl sites for hydroxylation is 1. The lowest BCUT2D eigenvalue weighted by Crippen LogP contribution is -2.12. The van der Waals surface area contributed by atoms with E-state index >= 15 is 0 Å². The van der Waals surface area contributed by atoms with Gasteiger partial charge in [0.15, 0.2) is 5.65 Å². The summed E-state index contributed by atoms with van der Waals surface area (Å²) in [4.78, 5) is 20.6. The molecule has 0 spiro atoms. The Hall–Kier alpha value is -1.92. The van der Waals surface area contributed by atoms with Gasteiger partial charge in [0.25, 0.3) is 0 Å². The minimum atomic E-state index is -0.170. The standard InChI is InChI=1S/C12H11N3O2S/c1-15-11-9(14-12(15)17)4-3-8(13-11)10-5-2-7(6-16)18-10/h2-5,16H,6H2,1H3,(H,14,17). The molecule has 0 aliphatic carbocycles. The van der Waals surface area contributed by atoms with Gasteiger partial charge in [0.1, 0.15) is 0 Å². The minimum Gasteiger partial charge on any atom is -0.391 e. The molecule has 0 saturated carbocycles. The fourth-order valence-electron chi connectivity index (χ4n) is 1.83. The van der Waals surface area contributed by atoms with Gasteiger partial charge < -0.3 is 10.1 Å². The summed E-state index contributed by atoms with van der Waals surface area (Å²) in [7, 11) is 1.69. The summed E-state index contributed by atoms with van der Waals surface area (Å²) in [6.07, 6.45) is 0. The topological polar surface area (TPSA) is 70.9 Å². The zero-order chi connectivity index (χ0) is 12.7. The van der Waals surface area contributed by atoms with E-state index in [1.807, 2.05) is 24.3 Å². The SMILES string of the molecule is Cn1c(=O)[nH]c2ccc(-c3ccc(CO)s3)nc21. The van der Waals surface area contributed by atoms with Crippen molar-refractivity contribution in [1.82, 2.24) is 14.5 Å². The number of thiophene rings is 1. The predicted molar refractivity (Wildman–Crippen MR) is 70.6 cm³/mol. The quantitative estimate of drug-likeness (QED) is 0.734. The summed E-state index contributed by atoms with van der Waals surface area (Å²) < 4.78 is 1.49. The van der Waals surface area contributed by atoms with Crippen molar-refractivity contribution in [3.05, 3.63) is 39.6 Å². The molecule has 3 aromatic heterocycles. The third-order valence-electron chi connectivity index (χ3n) is 2.81. The first-order valence-electron chi connectivity index (χ1n) is 5.45. The van der Waals surface area contributed by atoms with Gasteiger partial charge in [-0.3, -0.25) is 4.57 Å². The van der Waals surface area contributed by atoms with Crippen LogP contribution in [0.3, 0.4) is 0 Å². The van der Waals surface area contributed by atoms with E-state index in [1.165, 1.54) is 15.9 Å². The zero-order valence-corrected chi connectivity index (χ0v) is 10.5. The number of hydrogen-bond donors (Lipinski definition) is 2. The van der Waals surface area contributed by atoms with E-state index in [0.29, 0.717) is 5.65 Å². The summed E-state index contributed by atoms with van der Waals surface area (Å²) in [5, 5.41) is 9.06. The van der Waals surface area contributed by atoms with Crippen molar-refractivity contribution >= 4 is 22.5 Å². The van der Waals surface area contributed by atoms with Crippen LogP contribution in [0.25, 0.3) is 21.7 Å². The molecular formula is C12H11N3O2S. The maximum atomic E-state index is 11.5. The van der Waals surface area contributed by atoms with Crippen molar-refractivity contribution in [2.24, 2.45) is 7.05 Å². The summed E-state index contributed by atoms with van der Waals surface area (Å²) >= 11 is 1.50. The molecule has 0 amide bonds. The van der Waals surface area contributed by atoms with Crippen molar-refractivity contribution in [3.8, 4) is 10.6 Å². The molecule has 18 heavy (non-hydrogen) atoms. The first kappa shape index (κ1) is 11.2. The molecule has 0 atom stereocenters. The highest BCUT2D eigenvalue weighted by atomic mass is 32.1. The van der Waals surface area contributed by atoms with Gasteiger partial charge in [0.2, 0.25) is 0 Å². The number of rotatable bonds is 2. The van der Waals surface area contributed by atoms with Crippen LogP contribution >= 0.6 is 11.3 Å². The molecule has 0 aliphatic heterocycles. The van der Waals surface area contributed by atoms with Crippen molar-refractivity contribution in [1.29, 1.82) is 0 Å². The number of imidazole rings is 1. The number of aromatic nitrogens is 3. The Balaban J connectivity index is 2.18. The Bertz CT molecular complexity index is 769. The highest BCUT2D eigenvalue weighted by Gasteiger charge is 2.08. The number of fused-ring (bicyclic) bond motifs is 1. The molecule has 3 aromatic rings. The van der Waals surface area contributed by atoms with Gasteiger partial charge in [-0.25, -0.2) is 9.78 Å². The largest absolute Gasteiger partial charge is 0.391 e. The first-order chi connectivity index (χ1) is 8.69. The summed E-state index contributed by atoms with van der Waals surface area (Å²) in [5.74, 6) is 0. The zero-order valence-electron chi connectivity index (χ0n) is 9.67. The molecule has 0 aliphatic rings. The van der Waals surface area contributed by atoms with Crippen LogP contribution in [0, 0.1) is 0 Å². The molecule has 5 nitrogen and oxygen atoms in total. The van der Waals surface area contributed by atoms with Gasteiger partial charge in [-0.15, -0.1) is 11.3 Å². The van der Waals surface area contributed by atoms with Gasteiger partial charge in [0.05, 0.1) is 22.7 Å². The second-order valence-corrected chi connectivity index (χ2v) is 5.15. The maximum Gasteiger partial charge on any atom is 0.327 e. The van der Waals surface area contributed by atoms with Crippen LogP contribution in [-0.4, -0.2) is 19.6 Å². The lowest BCUT2D eigenvalue weighted by atomic mass is 10.3. The summed E-state index contributed by atoms with van der Waals surface area (Å²) in [6.45, 7) is 0.0373. The Morgan fingerprint density at radius 1 is 1.39 bits per heavy atom. The number of H-pyrrole nitrogens is 1. The number of pyridine rings is 1. The molecule has 6 heteroatoms. The fourth-order valence-corrected chi connectivity index (χ4v) is 2.67. The molecule has 0 fully saturated rings. The van der Waals surface area contributed by atoms with Crippen LogP contribution in [0.2, 0.25) is 0 Å². The van der Waals surface area contributed by atoms with E-state index in [1.54, 1.807) is 7.05 Å². The monoisotopic (exact) mass is 261 g/mol. The van der Waals surface area contributed by atoms with Crippen LogP contribution in [0.4, 0.5) is 0 Å². The van der Waals surface area contributed by atoms with Gasteiger partial charge in [-0.1, -0.05) is 0 Å². The lowest BCUT2D eigenvalue weighted by molar-refractivity contribution is 0.285. The molecule has 0 saturated heterocycles. The van der Waals surface area contributed by atoms with Crippen molar-refractivity contribution in [2.45, 2.75) is 6.61 Å². The Kier molecular flexibility index (Phi) is 2.53. The molecule has 92 valence electrons. The molecule has 3 heterocycles. The molecule has 3 rings (SSSR count). The molecule has 0 aromatic carbocycles. The van der Waals surface area contributed by atoms with Crippen molar-refractivity contribution in [2.75, 3.05) is 0 Å². The second-order valence-electron chi connectivity index (χ2n) is 3.98. The average molecular weight is 261 g/mol. The number of nitrogens with zero attached hydrogens (tertiary/aromatic N) is 2. The smallest absolute Gasteiger partial charge is 0.327 e. The number of nitrogens with one attached hydrogen (secondary N) is 1. The van der Waals surface area contributed by atoms with Crippen molar-refractivity contribution in [3.63, 3.8) is 0 Å². The third-order valence-corrected chi connectivity index (χ3v) is 3.90. The first-order valence-corrected chi connectivity index (χ1v) is 6.26. The van der Waals surface area contributed by atoms with E-state index in [2.05, 4.69) is 9.97 Å². The normalized spacial score (nSPS) is 11.2. The Morgan fingerprint density at radius 3 is 2.94 bits per heavy atom. The number of aromatic amines is 1. The third kappa shape index (κ3) is 1.66. The molecule has 0 unspecified atom stereocenters. The average Bonchev–Trinajstić information content (AvgIpc) is 2.96. The van der Waals surface area contributed by atoms with Crippen LogP contribution in [-0.2, 0) is 13.7 Å². The summed E-state index contributed by atoms with van der Waals surface area (Å²) in [5.41, 5.74) is 2.00. The molecule has 0 bridgehead atoms. The number of hydrogen-bond acceptors (Lipinski definition) is 4. The maximum absolute atomic E-state index is 11.5. The van der Waals surface area contributed by atoms with Gasteiger partial charge in [0, 0.05) is 11.9 Å². The van der Waals surface area contributed by atoms with Crippen LogP contribution < -0.4 is 5.69 Å². The lowest BCUT2D eigenvalue weighted by Gasteiger charge is -1.98. The number of aliphatic hydroxyl groups excluding tert-OH is 1. The Labute approximate surface area is 106 Å². The van der Waals surface area contributed by atoms with Crippen LogP contribution in [0.5, 0.6) is 0 Å². The fraction of sp³-hybridized carbons (Fsp3) is 0.167. The van der Waals surface area contributed by atoms with Gasteiger partial charge in [-0.05, 0) is 24.3 Å². The van der Waals surface area contributed by atoms with E-state index in [-0.39, 0.29) is 12.3 Å². The highest BCUT2D eigenvalue weighted by molar-refractivity contribution is 7.15. The Morgan fingerprint density at radius 2 is 2.22 bits per heavy atom. The second kappa shape index (κ2) is 4.08. The van der Waals surface area contributed by atoms with Crippen molar-refractivity contribution < 1.29 is 5.11 Å². The van der Waals surface area contributed by atoms with Crippen LogP contribution in [0.15, 0.2) is 29.1 Å². The molecular weight excluding hydrogens is 250 g/mol. The van der Waals surface area contributed by atoms with Gasteiger partial charge in [-0.2, -0.15) is 0 Å². The minimum absolute atomic E-state index is 0.0373. The highest BCUT2D eigenvalue weighted by Crippen LogP contribution is 2.27.